The maximum absolute atomic E-state index is 13.5. The van der Waals surface area contributed by atoms with E-state index in [1.54, 1.807) is 60.7 Å². The summed E-state index contributed by atoms with van der Waals surface area (Å²) in [4.78, 5) is 13.0. The summed E-state index contributed by atoms with van der Waals surface area (Å²) in [6.45, 7) is 2.01. The van der Waals surface area contributed by atoms with Crippen molar-refractivity contribution < 1.29 is 22.3 Å². The Balaban J connectivity index is 1.40. The van der Waals surface area contributed by atoms with Crippen molar-refractivity contribution in [1.82, 2.24) is 5.32 Å². The van der Waals surface area contributed by atoms with Crippen LogP contribution in [0.5, 0.6) is 5.75 Å². The fraction of sp³-hybridized carbons (Fsp3) is 0.138. The lowest BCUT2D eigenvalue weighted by atomic mass is 10.2. The van der Waals surface area contributed by atoms with Gasteiger partial charge in [-0.15, -0.1) is 0 Å². The summed E-state index contributed by atoms with van der Waals surface area (Å²) in [5.74, 6) is -0.112. The molecule has 9 heteroatoms. The molecule has 0 bridgehead atoms. The third kappa shape index (κ3) is 7.20. The van der Waals surface area contributed by atoms with E-state index in [1.807, 2.05) is 19.1 Å². The lowest BCUT2D eigenvalue weighted by Crippen LogP contribution is -2.40. The van der Waals surface area contributed by atoms with Gasteiger partial charge in [0.2, 0.25) is 5.91 Å². The maximum Gasteiger partial charge on any atom is 0.264 e. The minimum absolute atomic E-state index is 0.104. The van der Waals surface area contributed by atoms with Gasteiger partial charge in [0, 0.05) is 11.0 Å². The summed E-state index contributed by atoms with van der Waals surface area (Å²) in [5, 5.41) is 2.80. The number of hydrogen-bond donors (Lipinski definition) is 1. The van der Waals surface area contributed by atoms with Crippen LogP contribution in [0.15, 0.2) is 106 Å². The quantitative estimate of drug-likeness (QED) is 0.244. The molecule has 4 rings (SSSR count). The number of aryl methyl sites for hydroxylation is 1. The van der Waals surface area contributed by atoms with Crippen LogP contribution in [0.2, 0.25) is 0 Å². The van der Waals surface area contributed by atoms with Gasteiger partial charge >= 0.3 is 0 Å². The number of sulfonamides is 1. The number of anilines is 1. The molecule has 0 unspecified atom stereocenters. The van der Waals surface area contributed by atoms with Gasteiger partial charge in [0.25, 0.3) is 10.0 Å². The number of nitrogens with one attached hydrogen (secondary N) is 1. The number of carbonyl (C=O) groups is 1. The summed E-state index contributed by atoms with van der Waals surface area (Å²) in [6, 6.07) is 26.6. The fourth-order valence-electron chi connectivity index (χ4n) is 3.62. The van der Waals surface area contributed by atoms with Gasteiger partial charge in [0.1, 0.15) is 24.7 Å². The Morgan fingerprint density at radius 2 is 1.58 bits per heavy atom. The number of hydrogen-bond acceptors (Lipinski definition) is 4. The zero-order chi connectivity index (χ0) is 27.1. The molecule has 6 nitrogen and oxygen atoms in total. The van der Waals surface area contributed by atoms with Crippen molar-refractivity contribution in [1.29, 1.82) is 0 Å². The minimum Gasteiger partial charge on any atom is -0.489 e. The normalized spacial score (nSPS) is 11.1. The highest BCUT2D eigenvalue weighted by atomic mass is 79.9. The molecule has 4 aromatic carbocycles. The van der Waals surface area contributed by atoms with Crippen LogP contribution in [0.4, 0.5) is 10.1 Å². The van der Waals surface area contributed by atoms with E-state index in [0.29, 0.717) is 22.5 Å². The Hall–Kier alpha value is -3.69. The SMILES string of the molecule is Cc1ccc(S(=O)(=O)N(CC(=O)NCc2ccc(OCc3ccc(F)cc3)cc2)c2cccc(Br)c2)cc1. The van der Waals surface area contributed by atoms with E-state index in [0.717, 1.165) is 21.0 Å². The summed E-state index contributed by atoms with van der Waals surface area (Å²) >= 11 is 3.38. The molecule has 0 aliphatic rings. The summed E-state index contributed by atoms with van der Waals surface area (Å²) in [7, 11) is -3.99. The number of carbonyl (C=O) groups excluding carboxylic acids is 1. The second-order valence-electron chi connectivity index (χ2n) is 8.64. The molecule has 0 saturated carbocycles. The molecule has 0 saturated heterocycles. The first-order valence-corrected chi connectivity index (χ1v) is 14.0. The number of amides is 1. The smallest absolute Gasteiger partial charge is 0.264 e. The van der Waals surface area contributed by atoms with Crippen molar-refractivity contribution in [3.63, 3.8) is 0 Å². The number of rotatable bonds is 10. The highest BCUT2D eigenvalue weighted by Gasteiger charge is 2.27. The molecule has 38 heavy (non-hydrogen) atoms. The predicted octanol–water partition coefficient (Wildman–Crippen LogP) is 5.99. The van der Waals surface area contributed by atoms with Gasteiger partial charge in [-0.2, -0.15) is 0 Å². The van der Waals surface area contributed by atoms with E-state index in [9.17, 15) is 17.6 Å². The third-order valence-corrected chi connectivity index (χ3v) is 8.01. The zero-order valence-corrected chi connectivity index (χ0v) is 23.0. The van der Waals surface area contributed by atoms with Gasteiger partial charge in [-0.1, -0.05) is 64.0 Å². The van der Waals surface area contributed by atoms with E-state index in [2.05, 4.69) is 21.2 Å². The Morgan fingerprint density at radius 1 is 0.921 bits per heavy atom. The molecule has 0 heterocycles. The van der Waals surface area contributed by atoms with Crippen LogP contribution in [-0.4, -0.2) is 20.9 Å². The number of nitrogens with zero attached hydrogens (tertiary/aromatic N) is 1. The van der Waals surface area contributed by atoms with Crippen LogP contribution in [0.3, 0.4) is 0 Å². The van der Waals surface area contributed by atoms with E-state index < -0.39 is 15.9 Å². The molecule has 196 valence electrons. The molecule has 1 amide bonds. The van der Waals surface area contributed by atoms with Crippen molar-refractivity contribution in [2.45, 2.75) is 25.0 Å². The van der Waals surface area contributed by atoms with Gasteiger partial charge in [0.15, 0.2) is 0 Å². The standard InChI is InChI=1S/C29H26BrFN2O4S/c1-21-5-15-28(16-6-21)38(35,36)33(26-4-2-3-24(30)17-26)19-29(34)32-18-22-9-13-27(14-10-22)37-20-23-7-11-25(31)12-8-23/h2-17H,18-20H2,1H3,(H,32,34). The van der Waals surface area contributed by atoms with E-state index in [1.165, 1.54) is 24.3 Å². The third-order valence-electron chi connectivity index (χ3n) is 5.72. The first kappa shape index (κ1) is 27.3. The largest absolute Gasteiger partial charge is 0.489 e. The summed E-state index contributed by atoms with van der Waals surface area (Å²) in [6.07, 6.45) is 0. The summed E-state index contributed by atoms with van der Waals surface area (Å²) < 4.78 is 47.5. The second kappa shape index (κ2) is 12.2. The molecule has 0 radical (unpaired) electrons. The maximum atomic E-state index is 13.5. The molecule has 0 aliphatic heterocycles. The topological polar surface area (TPSA) is 75.7 Å². The molecule has 1 N–H and O–H groups in total. The van der Waals surface area contributed by atoms with Gasteiger partial charge in [0.05, 0.1) is 10.6 Å². The lowest BCUT2D eigenvalue weighted by Gasteiger charge is -2.24. The molecule has 4 aromatic rings. The lowest BCUT2D eigenvalue weighted by molar-refractivity contribution is -0.119. The average molecular weight is 598 g/mol. The van der Waals surface area contributed by atoms with Gasteiger partial charge < -0.3 is 10.1 Å². The molecular formula is C29H26BrFN2O4S. The first-order valence-electron chi connectivity index (χ1n) is 11.8. The number of halogens is 2. The number of benzene rings is 4. The van der Waals surface area contributed by atoms with Gasteiger partial charge in [-0.25, -0.2) is 12.8 Å². The zero-order valence-electron chi connectivity index (χ0n) is 20.6. The average Bonchev–Trinajstić information content (AvgIpc) is 2.91. The monoisotopic (exact) mass is 596 g/mol. The molecule has 0 spiro atoms. The minimum atomic E-state index is -3.99. The van der Waals surface area contributed by atoms with E-state index in [4.69, 9.17) is 4.74 Å². The Bertz CT molecular complexity index is 1490. The molecule has 0 fully saturated rings. The van der Waals surface area contributed by atoms with Crippen LogP contribution < -0.4 is 14.4 Å². The number of ether oxygens (including phenoxy) is 1. The first-order chi connectivity index (χ1) is 18.2. The van der Waals surface area contributed by atoms with E-state index >= 15 is 0 Å². The molecule has 0 atom stereocenters. The molecule has 0 aromatic heterocycles. The van der Waals surface area contributed by atoms with Gasteiger partial charge in [-0.3, -0.25) is 9.10 Å². The van der Waals surface area contributed by atoms with E-state index in [-0.39, 0.29) is 23.8 Å². The molecule has 0 aliphatic carbocycles. The van der Waals surface area contributed by atoms with Crippen LogP contribution in [0.25, 0.3) is 0 Å². The van der Waals surface area contributed by atoms with Crippen molar-refractivity contribution in [3.05, 3.63) is 124 Å². The van der Waals surface area contributed by atoms with Crippen LogP contribution in [0.1, 0.15) is 16.7 Å². The van der Waals surface area contributed by atoms with Crippen molar-refractivity contribution in [3.8, 4) is 5.75 Å². The fourth-order valence-corrected chi connectivity index (χ4v) is 5.42. The van der Waals surface area contributed by atoms with Crippen LogP contribution >= 0.6 is 15.9 Å². The highest BCUT2D eigenvalue weighted by molar-refractivity contribution is 9.10. The van der Waals surface area contributed by atoms with Crippen molar-refractivity contribution in [2.75, 3.05) is 10.8 Å². The highest BCUT2D eigenvalue weighted by Crippen LogP contribution is 2.26. The predicted molar refractivity (Wildman–Crippen MR) is 149 cm³/mol. The van der Waals surface area contributed by atoms with Crippen LogP contribution in [0, 0.1) is 12.7 Å². The summed E-state index contributed by atoms with van der Waals surface area (Å²) in [5.41, 5.74) is 2.97. The van der Waals surface area contributed by atoms with Crippen molar-refractivity contribution in [2.24, 2.45) is 0 Å². The van der Waals surface area contributed by atoms with Crippen molar-refractivity contribution >= 4 is 37.5 Å². The van der Waals surface area contributed by atoms with Gasteiger partial charge in [-0.05, 0) is 72.6 Å². The van der Waals surface area contributed by atoms with Crippen LogP contribution in [-0.2, 0) is 28.0 Å². The Kier molecular flexibility index (Phi) is 8.81. The second-order valence-corrected chi connectivity index (χ2v) is 11.4. The Morgan fingerprint density at radius 3 is 2.24 bits per heavy atom. The molecular weight excluding hydrogens is 571 g/mol. The Labute approximate surface area is 230 Å².